The van der Waals surface area contributed by atoms with Crippen LogP contribution in [0.4, 0.5) is 0 Å². The lowest BCUT2D eigenvalue weighted by Gasteiger charge is -2.36. The summed E-state index contributed by atoms with van der Waals surface area (Å²) in [5, 5.41) is 3.13. The van der Waals surface area contributed by atoms with Crippen LogP contribution < -0.4 is 14.8 Å². The number of rotatable bonds is 9. The van der Waals surface area contributed by atoms with Gasteiger partial charge in [-0.1, -0.05) is 55.7 Å². The zero-order valence-electron chi connectivity index (χ0n) is 19.2. The van der Waals surface area contributed by atoms with Crippen LogP contribution in [0.2, 0.25) is 0 Å². The van der Waals surface area contributed by atoms with E-state index in [9.17, 15) is 13.2 Å². The predicted molar refractivity (Wildman–Crippen MR) is 127 cm³/mol. The summed E-state index contributed by atoms with van der Waals surface area (Å²) in [5.41, 5.74) is 2.18. The predicted octanol–water partition coefficient (Wildman–Crippen LogP) is 4.04. The van der Waals surface area contributed by atoms with Gasteiger partial charge in [0.15, 0.2) is 0 Å². The van der Waals surface area contributed by atoms with Gasteiger partial charge in [0.25, 0.3) is 0 Å². The number of carbonyl (C=O) groups is 1. The zero-order chi connectivity index (χ0) is 23.2. The molecule has 0 saturated heterocycles. The molecule has 174 valence electrons. The highest BCUT2D eigenvalue weighted by Gasteiger charge is 2.40. The summed E-state index contributed by atoms with van der Waals surface area (Å²) < 4.78 is 32.1. The highest BCUT2D eigenvalue weighted by Crippen LogP contribution is 2.40. The van der Waals surface area contributed by atoms with Crippen molar-refractivity contribution < 1.29 is 17.9 Å². The number of carbonyl (C=O) groups excluding carboxylic acids is 1. The number of hydrogen-bond acceptors (Lipinski definition) is 4. The summed E-state index contributed by atoms with van der Waals surface area (Å²) in [5.74, 6) is 0.777. The van der Waals surface area contributed by atoms with Crippen LogP contribution in [0.3, 0.4) is 0 Å². The van der Waals surface area contributed by atoms with Crippen molar-refractivity contribution >= 4 is 15.9 Å². The standard InChI is InChI=1S/C25H34N2O4S/c1-19(2)27-32(29,30)18-21-9-7-20(8-10-21)17-26-24(28)25(15-5-4-6-16-25)22-11-13-23(31-3)14-12-22/h7-14,19,27H,4-6,15-18H2,1-3H3,(H,26,28). The van der Waals surface area contributed by atoms with Gasteiger partial charge in [0, 0.05) is 12.6 Å². The molecule has 0 spiro atoms. The first-order valence-corrected chi connectivity index (χ1v) is 12.9. The Labute approximate surface area is 191 Å². The average Bonchev–Trinajstić information content (AvgIpc) is 2.77. The molecule has 0 aromatic heterocycles. The lowest BCUT2D eigenvalue weighted by molar-refractivity contribution is -0.128. The van der Waals surface area contributed by atoms with Gasteiger partial charge in [0.05, 0.1) is 18.3 Å². The summed E-state index contributed by atoms with van der Waals surface area (Å²) in [4.78, 5) is 13.4. The minimum Gasteiger partial charge on any atom is -0.497 e. The quantitative estimate of drug-likeness (QED) is 0.594. The third-order valence-corrected chi connectivity index (χ3v) is 7.58. The minimum absolute atomic E-state index is 0.0511. The van der Waals surface area contributed by atoms with E-state index in [1.54, 1.807) is 33.1 Å². The largest absolute Gasteiger partial charge is 0.497 e. The third kappa shape index (κ3) is 6.11. The molecule has 6 nitrogen and oxygen atoms in total. The van der Waals surface area contributed by atoms with Gasteiger partial charge in [-0.2, -0.15) is 0 Å². The van der Waals surface area contributed by atoms with Crippen LogP contribution in [0, 0.1) is 0 Å². The molecule has 0 heterocycles. The smallest absolute Gasteiger partial charge is 0.230 e. The van der Waals surface area contributed by atoms with Crippen LogP contribution in [0.1, 0.15) is 62.6 Å². The molecule has 32 heavy (non-hydrogen) atoms. The third-order valence-electron chi connectivity index (χ3n) is 6.03. The molecule has 7 heteroatoms. The molecule has 1 fully saturated rings. The second-order valence-corrected chi connectivity index (χ2v) is 10.7. The van der Waals surface area contributed by atoms with Crippen LogP contribution in [0.5, 0.6) is 5.75 Å². The molecule has 1 amide bonds. The Morgan fingerprint density at radius 1 is 0.969 bits per heavy atom. The van der Waals surface area contributed by atoms with E-state index < -0.39 is 15.4 Å². The van der Waals surface area contributed by atoms with E-state index in [2.05, 4.69) is 10.0 Å². The number of sulfonamides is 1. The van der Waals surface area contributed by atoms with Crippen molar-refractivity contribution in [3.8, 4) is 5.75 Å². The molecule has 1 saturated carbocycles. The first-order chi connectivity index (χ1) is 15.2. The maximum Gasteiger partial charge on any atom is 0.230 e. The molecule has 2 N–H and O–H groups in total. The molecular formula is C25H34N2O4S. The van der Waals surface area contributed by atoms with Gasteiger partial charge < -0.3 is 10.1 Å². The molecule has 0 bridgehead atoms. The van der Waals surface area contributed by atoms with Gasteiger partial charge in [0.2, 0.25) is 15.9 Å². The number of amides is 1. The molecule has 2 aromatic carbocycles. The van der Waals surface area contributed by atoms with E-state index in [1.165, 1.54) is 0 Å². The molecule has 0 atom stereocenters. The van der Waals surface area contributed by atoms with Crippen LogP contribution in [0.25, 0.3) is 0 Å². The van der Waals surface area contributed by atoms with Crippen LogP contribution in [0.15, 0.2) is 48.5 Å². The minimum atomic E-state index is -3.36. The number of benzene rings is 2. The van der Waals surface area contributed by atoms with E-state index in [0.717, 1.165) is 54.5 Å². The highest BCUT2D eigenvalue weighted by molar-refractivity contribution is 7.88. The van der Waals surface area contributed by atoms with Crippen molar-refractivity contribution in [2.75, 3.05) is 7.11 Å². The summed E-state index contributed by atoms with van der Waals surface area (Å²) in [6.45, 7) is 4.01. The Kier molecular flexibility index (Phi) is 7.96. The van der Waals surface area contributed by atoms with Crippen LogP contribution >= 0.6 is 0 Å². The maximum absolute atomic E-state index is 13.4. The second-order valence-electron chi connectivity index (χ2n) is 8.90. The highest BCUT2D eigenvalue weighted by atomic mass is 32.2. The SMILES string of the molecule is COc1ccc(C2(C(=O)NCc3ccc(CS(=O)(=O)NC(C)C)cc3)CCCCC2)cc1. The molecule has 0 aliphatic heterocycles. The lowest BCUT2D eigenvalue weighted by Crippen LogP contribution is -2.45. The number of ether oxygens (including phenoxy) is 1. The molecule has 0 radical (unpaired) electrons. The second kappa shape index (κ2) is 10.5. The first-order valence-electron chi connectivity index (χ1n) is 11.2. The van der Waals surface area contributed by atoms with Gasteiger partial charge >= 0.3 is 0 Å². The summed E-state index contributed by atoms with van der Waals surface area (Å²) in [7, 11) is -1.72. The van der Waals surface area contributed by atoms with Crippen molar-refractivity contribution in [3.63, 3.8) is 0 Å². The molecule has 3 rings (SSSR count). The van der Waals surface area contributed by atoms with Gasteiger partial charge in [0.1, 0.15) is 5.75 Å². The fraction of sp³-hybridized carbons (Fsp3) is 0.480. The maximum atomic E-state index is 13.4. The summed E-state index contributed by atoms with van der Waals surface area (Å²) in [6.07, 6.45) is 4.90. The lowest BCUT2D eigenvalue weighted by atomic mass is 9.68. The summed E-state index contributed by atoms with van der Waals surface area (Å²) >= 11 is 0. The molecule has 2 aromatic rings. The Bertz CT molecular complexity index is 993. The zero-order valence-corrected chi connectivity index (χ0v) is 20.0. The van der Waals surface area contributed by atoms with Gasteiger partial charge in [-0.3, -0.25) is 4.79 Å². The topological polar surface area (TPSA) is 84.5 Å². The Morgan fingerprint density at radius 2 is 1.56 bits per heavy atom. The molecule has 0 unspecified atom stereocenters. The Hall–Kier alpha value is -2.38. The van der Waals surface area contributed by atoms with Gasteiger partial charge in [-0.25, -0.2) is 13.1 Å². The van der Waals surface area contributed by atoms with Gasteiger partial charge in [-0.15, -0.1) is 0 Å². The van der Waals surface area contributed by atoms with Crippen LogP contribution in [-0.2, 0) is 32.5 Å². The van der Waals surface area contributed by atoms with E-state index in [1.807, 2.05) is 36.4 Å². The molecule has 1 aliphatic rings. The number of methoxy groups -OCH3 is 1. The Balaban J connectivity index is 1.67. The van der Waals surface area contributed by atoms with E-state index in [-0.39, 0.29) is 17.7 Å². The van der Waals surface area contributed by atoms with E-state index in [0.29, 0.717) is 6.54 Å². The van der Waals surface area contributed by atoms with Gasteiger partial charge in [-0.05, 0) is 55.5 Å². The van der Waals surface area contributed by atoms with Crippen molar-refractivity contribution in [1.29, 1.82) is 0 Å². The Morgan fingerprint density at radius 3 is 2.12 bits per heavy atom. The van der Waals surface area contributed by atoms with Crippen LogP contribution in [-0.4, -0.2) is 27.5 Å². The van der Waals surface area contributed by atoms with Crippen molar-refractivity contribution in [2.45, 2.75) is 69.7 Å². The molecular weight excluding hydrogens is 424 g/mol. The monoisotopic (exact) mass is 458 g/mol. The average molecular weight is 459 g/mol. The fourth-order valence-electron chi connectivity index (χ4n) is 4.44. The van der Waals surface area contributed by atoms with E-state index in [4.69, 9.17) is 4.74 Å². The van der Waals surface area contributed by atoms with Crippen molar-refractivity contribution in [3.05, 3.63) is 65.2 Å². The first kappa shape index (κ1) is 24.3. The summed E-state index contributed by atoms with van der Waals surface area (Å²) in [6, 6.07) is 15.1. The van der Waals surface area contributed by atoms with E-state index >= 15 is 0 Å². The van der Waals surface area contributed by atoms with Crippen molar-refractivity contribution in [1.82, 2.24) is 10.0 Å². The number of hydrogen-bond donors (Lipinski definition) is 2. The fourth-order valence-corrected chi connectivity index (χ4v) is 5.87. The number of nitrogens with one attached hydrogen (secondary N) is 2. The molecule has 1 aliphatic carbocycles. The van der Waals surface area contributed by atoms with Crippen molar-refractivity contribution in [2.24, 2.45) is 0 Å². The normalized spacial score (nSPS) is 16.0.